The van der Waals surface area contributed by atoms with E-state index in [4.69, 9.17) is 0 Å². The number of H-pyrrole nitrogens is 1. The summed E-state index contributed by atoms with van der Waals surface area (Å²) in [5, 5.41) is 7.82. The summed E-state index contributed by atoms with van der Waals surface area (Å²) < 4.78 is 4.49. The molecule has 4 N–H and O–H groups in total. The average molecular weight is 456 g/mol. The molecule has 3 aromatic heterocycles. The first kappa shape index (κ1) is 20.6. The van der Waals surface area contributed by atoms with Crippen LogP contribution in [-0.2, 0) is 0 Å². The maximum absolute atomic E-state index is 12.8. The Hall–Kier alpha value is -3.64. The number of benzene rings is 1. The number of thiophene rings is 1. The quantitative estimate of drug-likeness (QED) is 0.340. The molecule has 1 aromatic carbocycles. The number of fused-ring (bicyclic) bond motifs is 1. The molecule has 2 amide bonds. The van der Waals surface area contributed by atoms with Gasteiger partial charge in [0.25, 0.3) is 5.56 Å². The van der Waals surface area contributed by atoms with Crippen LogP contribution in [0.4, 0.5) is 16.3 Å². The Morgan fingerprint density at radius 3 is 2.71 bits per heavy atom. The lowest BCUT2D eigenvalue weighted by atomic mass is 10.2. The zero-order valence-corrected chi connectivity index (χ0v) is 18.1. The number of urea groups is 1. The van der Waals surface area contributed by atoms with E-state index < -0.39 is 17.3 Å². The van der Waals surface area contributed by atoms with Crippen molar-refractivity contribution in [3.63, 3.8) is 0 Å². The van der Waals surface area contributed by atoms with Gasteiger partial charge in [-0.05, 0) is 54.1 Å². The van der Waals surface area contributed by atoms with E-state index in [-0.39, 0.29) is 11.6 Å². The highest BCUT2D eigenvalue weighted by molar-refractivity contribution is 7.99. The number of hydrogen-bond acceptors (Lipinski definition) is 8. The van der Waals surface area contributed by atoms with Crippen LogP contribution in [0.3, 0.4) is 0 Å². The summed E-state index contributed by atoms with van der Waals surface area (Å²) in [4.78, 5) is 48.2. The molecule has 12 heteroatoms. The van der Waals surface area contributed by atoms with Crippen LogP contribution >= 0.6 is 23.3 Å². The minimum atomic E-state index is -0.638. The van der Waals surface area contributed by atoms with Gasteiger partial charge in [0.15, 0.2) is 11.6 Å². The van der Waals surface area contributed by atoms with Gasteiger partial charge in [0.2, 0.25) is 0 Å². The van der Waals surface area contributed by atoms with Crippen LogP contribution in [0.2, 0.25) is 0 Å². The molecule has 4 aromatic rings. The fourth-order valence-electron chi connectivity index (χ4n) is 2.78. The predicted molar refractivity (Wildman–Crippen MR) is 122 cm³/mol. The van der Waals surface area contributed by atoms with E-state index in [2.05, 4.69) is 30.3 Å². The number of carbonyl (C=O) groups excluding carboxylic acids is 1. The molecule has 0 aliphatic carbocycles. The second kappa shape index (κ2) is 8.62. The number of rotatable bonds is 5. The SMILES string of the molecule is CNc1ccc2c(=O)n(-c3cnc(NC(=O)NSc4cc(C)cs4)cn3)c(=O)[nH]c2c1. The molecule has 3 heterocycles. The first-order chi connectivity index (χ1) is 14.9. The third-order valence-corrected chi connectivity index (χ3v) is 6.23. The standard InChI is InChI=1S/C19H17N7O3S2/c1-10-5-16(30-9-10)31-25-18(28)24-14-7-22-15(8-21-14)26-17(27)12-4-3-11(20-2)6-13(12)23-19(26)29/h3-9,20H,1-2H3,(H,23,29)(H2,21,24,25,28). The van der Waals surface area contributed by atoms with Crippen molar-refractivity contribution in [1.82, 2.24) is 24.2 Å². The summed E-state index contributed by atoms with van der Waals surface area (Å²) in [6.07, 6.45) is 2.52. The minimum absolute atomic E-state index is 0.0419. The lowest BCUT2D eigenvalue weighted by Gasteiger charge is -2.08. The molecule has 0 fully saturated rings. The number of carbonyl (C=O) groups is 1. The maximum Gasteiger partial charge on any atom is 0.334 e. The number of amides is 2. The molecule has 0 bridgehead atoms. The summed E-state index contributed by atoms with van der Waals surface area (Å²) in [6, 6.07) is 6.52. The average Bonchev–Trinajstić information content (AvgIpc) is 3.18. The molecule has 0 aliphatic heterocycles. The Bertz CT molecular complexity index is 1380. The number of aromatic amines is 1. The molecule has 0 saturated carbocycles. The van der Waals surface area contributed by atoms with E-state index in [0.29, 0.717) is 10.9 Å². The van der Waals surface area contributed by atoms with E-state index in [1.165, 1.54) is 35.7 Å². The van der Waals surface area contributed by atoms with Crippen LogP contribution in [0.15, 0.2) is 55.8 Å². The lowest BCUT2D eigenvalue weighted by molar-refractivity contribution is 0.257. The van der Waals surface area contributed by atoms with Gasteiger partial charge in [0.05, 0.1) is 27.5 Å². The van der Waals surface area contributed by atoms with Crippen LogP contribution in [0, 0.1) is 6.92 Å². The Morgan fingerprint density at radius 2 is 2.03 bits per heavy atom. The number of hydrogen-bond donors (Lipinski definition) is 4. The second-order valence-corrected chi connectivity index (χ2v) is 8.46. The summed E-state index contributed by atoms with van der Waals surface area (Å²) in [5.41, 5.74) is 1.15. The van der Waals surface area contributed by atoms with E-state index >= 15 is 0 Å². The largest absolute Gasteiger partial charge is 0.388 e. The fraction of sp³-hybridized carbons (Fsp3) is 0.105. The Kier molecular flexibility index (Phi) is 5.73. The van der Waals surface area contributed by atoms with Gasteiger partial charge in [-0.15, -0.1) is 11.3 Å². The van der Waals surface area contributed by atoms with Gasteiger partial charge in [-0.25, -0.2) is 24.1 Å². The second-order valence-electron chi connectivity index (χ2n) is 6.44. The zero-order valence-electron chi connectivity index (χ0n) is 16.4. The molecular formula is C19H17N7O3S2. The summed E-state index contributed by atoms with van der Waals surface area (Å²) in [5.74, 6) is 0.216. The van der Waals surface area contributed by atoms with Crippen molar-refractivity contribution < 1.29 is 4.79 Å². The third-order valence-electron chi connectivity index (χ3n) is 4.25. The number of nitrogens with one attached hydrogen (secondary N) is 4. The van der Waals surface area contributed by atoms with Gasteiger partial charge >= 0.3 is 11.7 Å². The minimum Gasteiger partial charge on any atom is -0.388 e. The molecule has 0 unspecified atom stereocenters. The van der Waals surface area contributed by atoms with Crippen molar-refractivity contribution in [3.8, 4) is 5.82 Å². The molecule has 0 atom stereocenters. The number of aromatic nitrogens is 4. The van der Waals surface area contributed by atoms with Crippen LogP contribution in [0.1, 0.15) is 5.56 Å². The zero-order chi connectivity index (χ0) is 22.0. The predicted octanol–water partition coefficient (Wildman–Crippen LogP) is 2.71. The summed E-state index contributed by atoms with van der Waals surface area (Å²) in [6.45, 7) is 1.98. The summed E-state index contributed by atoms with van der Waals surface area (Å²) >= 11 is 2.72. The molecule has 0 spiro atoms. The first-order valence-corrected chi connectivity index (χ1v) is 10.7. The van der Waals surface area contributed by atoms with E-state index in [1.807, 2.05) is 18.4 Å². The molecule has 31 heavy (non-hydrogen) atoms. The van der Waals surface area contributed by atoms with Gasteiger partial charge in [-0.1, -0.05) is 0 Å². The van der Waals surface area contributed by atoms with Gasteiger partial charge in [0, 0.05) is 12.7 Å². The Labute approximate surface area is 183 Å². The van der Waals surface area contributed by atoms with Crippen molar-refractivity contribution in [2.24, 2.45) is 0 Å². The number of anilines is 2. The van der Waals surface area contributed by atoms with Crippen molar-refractivity contribution in [2.45, 2.75) is 11.1 Å². The molecule has 158 valence electrons. The van der Waals surface area contributed by atoms with E-state index in [0.717, 1.165) is 20.0 Å². The van der Waals surface area contributed by atoms with Crippen molar-refractivity contribution in [1.29, 1.82) is 0 Å². The number of aryl methyl sites for hydroxylation is 1. The van der Waals surface area contributed by atoms with Crippen LogP contribution < -0.4 is 26.6 Å². The lowest BCUT2D eigenvalue weighted by Crippen LogP contribution is -2.34. The summed E-state index contributed by atoms with van der Waals surface area (Å²) in [7, 11) is 1.74. The first-order valence-electron chi connectivity index (χ1n) is 9.03. The van der Waals surface area contributed by atoms with Crippen molar-refractivity contribution in [3.05, 3.63) is 68.4 Å². The van der Waals surface area contributed by atoms with Crippen molar-refractivity contribution >= 4 is 51.7 Å². The van der Waals surface area contributed by atoms with Gasteiger partial charge in [0.1, 0.15) is 0 Å². The smallest absolute Gasteiger partial charge is 0.334 e. The highest BCUT2D eigenvalue weighted by Gasteiger charge is 2.12. The third kappa shape index (κ3) is 4.44. The Balaban J connectivity index is 1.52. The fourth-order valence-corrected chi connectivity index (χ4v) is 4.35. The maximum atomic E-state index is 12.8. The van der Waals surface area contributed by atoms with Gasteiger partial charge in [-0.3, -0.25) is 14.8 Å². The highest BCUT2D eigenvalue weighted by atomic mass is 32.2. The van der Waals surface area contributed by atoms with Crippen LogP contribution in [-0.4, -0.2) is 32.6 Å². The van der Waals surface area contributed by atoms with E-state index in [9.17, 15) is 14.4 Å². The van der Waals surface area contributed by atoms with Crippen molar-refractivity contribution in [2.75, 3.05) is 17.7 Å². The number of nitrogens with zero attached hydrogens (tertiary/aromatic N) is 3. The molecular weight excluding hydrogens is 438 g/mol. The highest BCUT2D eigenvalue weighted by Crippen LogP contribution is 2.23. The Morgan fingerprint density at radius 1 is 1.19 bits per heavy atom. The van der Waals surface area contributed by atoms with Gasteiger partial charge in [-0.2, -0.15) is 0 Å². The molecule has 0 radical (unpaired) electrons. The van der Waals surface area contributed by atoms with Crippen LogP contribution in [0.25, 0.3) is 16.7 Å². The van der Waals surface area contributed by atoms with Crippen LogP contribution in [0.5, 0.6) is 0 Å². The van der Waals surface area contributed by atoms with E-state index in [1.54, 1.807) is 25.2 Å². The molecule has 10 nitrogen and oxygen atoms in total. The molecule has 4 rings (SSSR count). The molecule has 0 saturated heterocycles. The topological polar surface area (TPSA) is 134 Å². The monoisotopic (exact) mass is 455 g/mol. The van der Waals surface area contributed by atoms with Gasteiger partial charge < -0.3 is 10.3 Å². The molecule has 0 aliphatic rings. The normalized spacial score (nSPS) is 10.8.